The molecule has 0 saturated carbocycles. The first-order valence-corrected chi connectivity index (χ1v) is 10.0. The van der Waals surface area contributed by atoms with E-state index in [1.54, 1.807) is 12.1 Å². The lowest BCUT2D eigenvalue weighted by molar-refractivity contribution is 0.0697. The standard InChI is InChI=1S/C23H27ClN2O2/c1-6-26-21-9-14(2)16(10-18(21)15(3)12-23(26,4)5)13-25-17-7-8-20(24)19(11-17)22(27)28/h7-11,13,15H,6,12H2,1-5H3,(H,27,28). The van der Waals surface area contributed by atoms with Crippen molar-refractivity contribution in [2.75, 3.05) is 11.4 Å². The number of aromatic carboxylic acids is 1. The maximum Gasteiger partial charge on any atom is 0.337 e. The number of carbonyl (C=O) groups is 1. The predicted molar refractivity (Wildman–Crippen MR) is 117 cm³/mol. The highest BCUT2D eigenvalue weighted by atomic mass is 35.5. The summed E-state index contributed by atoms with van der Waals surface area (Å²) in [5.74, 6) is -0.585. The molecule has 1 heterocycles. The molecule has 0 amide bonds. The SMILES string of the molecule is CCN1c2cc(C)c(C=Nc3ccc(Cl)c(C(=O)O)c3)cc2C(C)CC1(C)C. The van der Waals surface area contributed by atoms with Crippen molar-refractivity contribution in [3.05, 3.63) is 57.6 Å². The molecule has 0 bridgehead atoms. The molecule has 0 spiro atoms. The molecule has 0 fully saturated rings. The molecule has 1 aliphatic rings. The quantitative estimate of drug-likeness (QED) is 0.623. The van der Waals surface area contributed by atoms with Crippen LogP contribution in [0.25, 0.3) is 0 Å². The summed E-state index contributed by atoms with van der Waals surface area (Å²) in [6.07, 6.45) is 2.92. The molecule has 2 aromatic carbocycles. The molecule has 1 aliphatic heterocycles. The average Bonchev–Trinajstić information content (AvgIpc) is 2.60. The average molecular weight is 399 g/mol. The Kier molecular flexibility index (Phi) is 5.53. The van der Waals surface area contributed by atoms with Gasteiger partial charge in [0.2, 0.25) is 0 Å². The van der Waals surface area contributed by atoms with E-state index in [0.29, 0.717) is 11.6 Å². The fourth-order valence-electron chi connectivity index (χ4n) is 4.29. The molecule has 0 saturated heterocycles. The van der Waals surface area contributed by atoms with Gasteiger partial charge in [-0.3, -0.25) is 4.99 Å². The minimum Gasteiger partial charge on any atom is -0.478 e. The molecule has 2 aromatic rings. The van der Waals surface area contributed by atoms with Gasteiger partial charge in [0.25, 0.3) is 0 Å². The summed E-state index contributed by atoms with van der Waals surface area (Å²) in [6, 6.07) is 9.27. The van der Waals surface area contributed by atoms with E-state index >= 15 is 0 Å². The lowest BCUT2D eigenvalue weighted by Gasteiger charge is -2.47. The van der Waals surface area contributed by atoms with Crippen LogP contribution in [0.3, 0.4) is 0 Å². The number of carboxylic acid groups (broad SMARTS) is 1. The van der Waals surface area contributed by atoms with Crippen molar-refractivity contribution in [2.45, 2.75) is 52.5 Å². The summed E-state index contributed by atoms with van der Waals surface area (Å²) in [5, 5.41) is 9.45. The zero-order chi connectivity index (χ0) is 20.6. The fourth-order valence-corrected chi connectivity index (χ4v) is 4.49. The Bertz CT molecular complexity index is 950. The normalized spacial score (nSPS) is 18.4. The first-order valence-electron chi connectivity index (χ1n) is 9.63. The zero-order valence-corrected chi connectivity index (χ0v) is 17.8. The van der Waals surface area contributed by atoms with E-state index in [1.165, 1.54) is 17.3 Å². The highest BCUT2D eigenvalue weighted by Gasteiger charge is 2.35. The van der Waals surface area contributed by atoms with E-state index in [9.17, 15) is 9.90 Å². The molecule has 1 atom stereocenters. The maximum absolute atomic E-state index is 11.3. The number of hydrogen-bond donors (Lipinski definition) is 1. The number of aliphatic imine (C=N–C) groups is 1. The fraction of sp³-hybridized carbons (Fsp3) is 0.391. The highest BCUT2D eigenvalue weighted by Crippen LogP contribution is 2.44. The molecule has 0 aliphatic carbocycles. The van der Waals surface area contributed by atoms with E-state index in [4.69, 9.17) is 11.6 Å². The summed E-state index contributed by atoms with van der Waals surface area (Å²) in [5.41, 5.74) is 5.62. The van der Waals surface area contributed by atoms with Gasteiger partial charge in [-0.2, -0.15) is 0 Å². The summed E-state index contributed by atoms with van der Waals surface area (Å²) < 4.78 is 0. The molecule has 0 radical (unpaired) electrons. The van der Waals surface area contributed by atoms with Crippen molar-refractivity contribution in [3.63, 3.8) is 0 Å². The molecule has 148 valence electrons. The molecule has 1 unspecified atom stereocenters. The smallest absolute Gasteiger partial charge is 0.337 e. The lowest BCUT2D eigenvalue weighted by atomic mass is 9.79. The summed E-state index contributed by atoms with van der Waals surface area (Å²) in [4.78, 5) is 18.3. The second-order valence-electron chi connectivity index (χ2n) is 8.16. The van der Waals surface area contributed by atoms with E-state index in [2.05, 4.69) is 56.6 Å². The number of aryl methyl sites for hydroxylation is 1. The van der Waals surface area contributed by atoms with Gasteiger partial charge in [0.15, 0.2) is 0 Å². The first-order chi connectivity index (χ1) is 13.1. The van der Waals surface area contributed by atoms with Crippen LogP contribution in [0.5, 0.6) is 0 Å². The summed E-state index contributed by atoms with van der Waals surface area (Å²) in [6.45, 7) is 12.2. The topological polar surface area (TPSA) is 52.9 Å². The van der Waals surface area contributed by atoms with Gasteiger partial charge in [-0.05, 0) is 87.1 Å². The van der Waals surface area contributed by atoms with Crippen LogP contribution in [0.4, 0.5) is 11.4 Å². The van der Waals surface area contributed by atoms with Crippen LogP contribution in [-0.2, 0) is 0 Å². The van der Waals surface area contributed by atoms with Crippen LogP contribution in [0, 0.1) is 6.92 Å². The number of hydrogen-bond acceptors (Lipinski definition) is 3. The number of benzene rings is 2. The third-order valence-corrected chi connectivity index (χ3v) is 5.95. The molecule has 4 nitrogen and oxygen atoms in total. The highest BCUT2D eigenvalue weighted by molar-refractivity contribution is 6.33. The molecule has 1 N–H and O–H groups in total. The zero-order valence-electron chi connectivity index (χ0n) is 17.1. The first kappa shape index (κ1) is 20.4. The summed E-state index contributed by atoms with van der Waals surface area (Å²) >= 11 is 5.94. The van der Waals surface area contributed by atoms with Gasteiger partial charge in [-0.1, -0.05) is 18.5 Å². The maximum atomic E-state index is 11.3. The Morgan fingerprint density at radius 3 is 2.71 bits per heavy atom. The largest absolute Gasteiger partial charge is 0.478 e. The molecule has 28 heavy (non-hydrogen) atoms. The van der Waals surface area contributed by atoms with E-state index in [-0.39, 0.29) is 16.1 Å². The number of fused-ring (bicyclic) bond motifs is 1. The van der Waals surface area contributed by atoms with Crippen molar-refractivity contribution in [1.82, 2.24) is 0 Å². The Hall–Kier alpha value is -2.33. The van der Waals surface area contributed by atoms with Crippen LogP contribution in [-0.4, -0.2) is 29.4 Å². The van der Waals surface area contributed by atoms with Gasteiger partial charge in [-0.15, -0.1) is 0 Å². The van der Waals surface area contributed by atoms with Crippen molar-refractivity contribution in [1.29, 1.82) is 0 Å². The third kappa shape index (κ3) is 3.79. The molecule has 3 rings (SSSR count). The summed E-state index contributed by atoms with van der Waals surface area (Å²) in [7, 11) is 0. The Labute approximate surface area is 171 Å². The Balaban J connectivity index is 1.99. The van der Waals surface area contributed by atoms with Gasteiger partial charge in [0, 0.05) is 24.0 Å². The van der Waals surface area contributed by atoms with Gasteiger partial charge in [-0.25, -0.2) is 4.79 Å². The molecular weight excluding hydrogens is 372 g/mol. The number of carboxylic acids is 1. The Morgan fingerprint density at radius 1 is 1.36 bits per heavy atom. The van der Waals surface area contributed by atoms with Crippen LogP contribution < -0.4 is 4.90 Å². The molecule has 0 aromatic heterocycles. The number of halogens is 1. The molecule has 5 heteroatoms. The third-order valence-electron chi connectivity index (χ3n) is 5.62. The van der Waals surface area contributed by atoms with Crippen LogP contribution in [0.15, 0.2) is 35.3 Å². The van der Waals surface area contributed by atoms with Crippen LogP contribution >= 0.6 is 11.6 Å². The Morgan fingerprint density at radius 2 is 2.07 bits per heavy atom. The number of nitrogens with zero attached hydrogens (tertiary/aromatic N) is 2. The van der Waals surface area contributed by atoms with E-state index < -0.39 is 5.97 Å². The minimum absolute atomic E-state index is 0.0629. The molecular formula is C23H27ClN2O2. The van der Waals surface area contributed by atoms with Crippen molar-refractivity contribution in [3.8, 4) is 0 Å². The van der Waals surface area contributed by atoms with Gasteiger partial charge < -0.3 is 10.0 Å². The van der Waals surface area contributed by atoms with Crippen molar-refractivity contribution in [2.24, 2.45) is 4.99 Å². The predicted octanol–water partition coefficient (Wildman–Crippen LogP) is 6.21. The van der Waals surface area contributed by atoms with Gasteiger partial charge in [0.05, 0.1) is 16.3 Å². The monoisotopic (exact) mass is 398 g/mol. The number of rotatable bonds is 4. The lowest BCUT2D eigenvalue weighted by Crippen LogP contribution is -2.48. The van der Waals surface area contributed by atoms with E-state index in [0.717, 1.165) is 24.1 Å². The van der Waals surface area contributed by atoms with Crippen molar-refractivity contribution >= 4 is 35.2 Å². The van der Waals surface area contributed by atoms with Gasteiger partial charge >= 0.3 is 5.97 Å². The van der Waals surface area contributed by atoms with E-state index in [1.807, 2.05) is 6.21 Å². The second-order valence-corrected chi connectivity index (χ2v) is 8.56. The van der Waals surface area contributed by atoms with Crippen LogP contribution in [0.2, 0.25) is 5.02 Å². The van der Waals surface area contributed by atoms with Gasteiger partial charge in [0.1, 0.15) is 0 Å². The second kappa shape index (κ2) is 7.59. The minimum atomic E-state index is -1.05. The van der Waals surface area contributed by atoms with Crippen LogP contribution in [0.1, 0.15) is 67.1 Å². The van der Waals surface area contributed by atoms with Crippen molar-refractivity contribution < 1.29 is 9.90 Å². The number of anilines is 1.